The lowest BCUT2D eigenvalue weighted by molar-refractivity contribution is 0.296. The van der Waals surface area contributed by atoms with Gasteiger partial charge in [-0.1, -0.05) is 56.3 Å². The quantitative estimate of drug-likeness (QED) is 0.288. The van der Waals surface area contributed by atoms with Gasteiger partial charge in [-0.25, -0.2) is 0 Å². The maximum Gasteiger partial charge on any atom is 0.191 e. The van der Waals surface area contributed by atoms with Gasteiger partial charge in [-0.2, -0.15) is 0 Å². The van der Waals surface area contributed by atoms with Gasteiger partial charge >= 0.3 is 0 Å². The summed E-state index contributed by atoms with van der Waals surface area (Å²) in [6, 6.07) is 16.9. The fourth-order valence-electron chi connectivity index (χ4n) is 3.10. The van der Waals surface area contributed by atoms with E-state index in [9.17, 15) is 0 Å². The van der Waals surface area contributed by atoms with E-state index in [1.165, 1.54) is 16.7 Å². The average Bonchev–Trinajstić information content (AvgIpc) is 2.75. The summed E-state index contributed by atoms with van der Waals surface area (Å²) in [4.78, 5) is 6.73. The molecule has 2 aromatic rings. The molecule has 2 N–H and O–H groups in total. The van der Waals surface area contributed by atoms with Gasteiger partial charge in [-0.15, -0.1) is 24.0 Å². The summed E-state index contributed by atoms with van der Waals surface area (Å²) in [7, 11) is 3.51. The van der Waals surface area contributed by atoms with Crippen molar-refractivity contribution in [2.75, 3.05) is 33.8 Å². The minimum absolute atomic E-state index is 0. The van der Waals surface area contributed by atoms with Crippen LogP contribution >= 0.6 is 24.0 Å². The van der Waals surface area contributed by atoms with Gasteiger partial charge in [-0.3, -0.25) is 9.89 Å². The van der Waals surface area contributed by atoms with E-state index >= 15 is 0 Å². The van der Waals surface area contributed by atoms with Crippen LogP contribution in [0.4, 0.5) is 0 Å². The summed E-state index contributed by atoms with van der Waals surface area (Å²) >= 11 is 0. The largest absolute Gasteiger partial charge is 0.496 e. The van der Waals surface area contributed by atoms with Crippen LogP contribution in [0.15, 0.2) is 53.5 Å². The normalized spacial score (nSPS) is 11.1. The lowest BCUT2D eigenvalue weighted by Gasteiger charge is -2.18. The van der Waals surface area contributed by atoms with E-state index in [1.807, 2.05) is 18.2 Å². The molecule has 0 spiro atoms. The first-order chi connectivity index (χ1) is 13.7. The molecule has 0 saturated carbocycles. The van der Waals surface area contributed by atoms with Gasteiger partial charge in [0.15, 0.2) is 5.96 Å². The standard InChI is InChI=1S/C23H34N4O.HI/c1-5-27(6-2)18-20-13-11-19(12-14-20)17-26-23(24-3)25-16-15-21-9-7-8-10-22(21)28-4;/h7-14H,5-6,15-18H2,1-4H3,(H2,24,25,26);1H. The van der Waals surface area contributed by atoms with Gasteiger partial charge in [0.25, 0.3) is 0 Å². The Kier molecular flexibility index (Phi) is 12.4. The second kappa shape index (κ2) is 14.2. The third-order valence-electron chi connectivity index (χ3n) is 4.89. The van der Waals surface area contributed by atoms with E-state index in [2.05, 4.69) is 64.7 Å². The number of halogens is 1. The molecule has 0 saturated heterocycles. The van der Waals surface area contributed by atoms with E-state index < -0.39 is 0 Å². The SMILES string of the molecule is CCN(CC)Cc1ccc(CNC(=NC)NCCc2ccccc2OC)cc1.I. The molecule has 5 nitrogen and oxygen atoms in total. The van der Waals surface area contributed by atoms with Gasteiger partial charge in [0.05, 0.1) is 7.11 Å². The van der Waals surface area contributed by atoms with Gasteiger partial charge in [0.1, 0.15) is 5.75 Å². The highest BCUT2D eigenvalue weighted by Gasteiger charge is 2.04. The summed E-state index contributed by atoms with van der Waals surface area (Å²) in [6.07, 6.45) is 0.880. The van der Waals surface area contributed by atoms with E-state index in [1.54, 1.807) is 14.2 Å². The van der Waals surface area contributed by atoms with Crippen molar-refractivity contribution in [2.45, 2.75) is 33.4 Å². The van der Waals surface area contributed by atoms with E-state index in [0.29, 0.717) is 0 Å². The first-order valence-electron chi connectivity index (χ1n) is 10.1. The molecule has 0 atom stereocenters. The van der Waals surface area contributed by atoms with Gasteiger partial charge in [-0.05, 0) is 42.3 Å². The molecule has 29 heavy (non-hydrogen) atoms. The molecule has 0 bridgehead atoms. The van der Waals surface area contributed by atoms with Crippen molar-refractivity contribution in [1.29, 1.82) is 0 Å². The second-order valence-electron chi connectivity index (χ2n) is 6.69. The van der Waals surface area contributed by atoms with Crippen molar-refractivity contribution in [2.24, 2.45) is 4.99 Å². The van der Waals surface area contributed by atoms with E-state index in [-0.39, 0.29) is 24.0 Å². The Morgan fingerprint density at radius 3 is 2.24 bits per heavy atom. The Bertz CT molecular complexity index is 730. The molecular formula is C23H35IN4O. The molecule has 2 rings (SSSR count). The van der Waals surface area contributed by atoms with Crippen LogP contribution in [0, 0.1) is 0 Å². The Balaban J connectivity index is 0.00000420. The molecule has 160 valence electrons. The minimum atomic E-state index is 0. The van der Waals surface area contributed by atoms with Crippen LogP contribution in [-0.2, 0) is 19.5 Å². The molecule has 6 heteroatoms. The molecule has 0 unspecified atom stereocenters. The third-order valence-corrected chi connectivity index (χ3v) is 4.89. The zero-order chi connectivity index (χ0) is 20.2. The Morgan fingerprint density at radius 1 is 0.966 bits per heavy atom. The van der Waals surface area contributed by atoms with Crippen LogP contribution in [0.1, 0.15) is 30.5 Å². The first-order valence-corrected chi connectivity index (χ1v) is 10.1. The molecule has 2 aromatic carbocycles. The topological polar surface area (TPSA) is 48.9 Å². The predicted molar refractivity (Wildman–Crippen MR) is 133 cm³/mol. The molecule has 0 radical (unpaired) electrons. The number of hydrogen-bond acceptors (Lipinski definition) is 3. The van der Waals surface area contributed by atoms with Crippen LogP contribution in [0.2, 0.25) is 0 Å². The van der Waals surface area contributed by atoms with Crippen molar-refractivity contribution in [3.8, 4) is 5.75 Å². The second-order valence-corrected chi connectivity index (χ2v) is 6.69. The number of nitrogens with one attached hydrogen (secondary N) is 2. The fourth-order valence-corrected chi connectivity index (χ4v) is 3.10. The summed E-state index contributed by atoms with van der Waals surface area (Å²) in [5.74, 6) is 1.74. The van der Waals surface area contributed by atoms with Crippen molar-refractivity contribution >= 4 is 29.9 Å². The number of ether oxygens (including phenoxy) is 1. The van der Waals surface area contributed by atoms with Crippen molar-refractivity contribution < 1.29 is 4.74 Å². The van der Waals surface area contributed by atoms with E-state index in [4.69, 9.17) is 4.74 Å². The third kappa shape index (κ3) is 8.62. The van der Waals surface area contributed by atoms with Gasteiger partial charge < -0.3 is 15.4 Å². The van der Waals surface area contributed by atoms with Gasteiger partial charge in [0, 0.05) is 26.7 Å². The lowest BCUT2D eigenvalue weighted by Crippen LogP contribution is -2.37. The van der Waals surface area contributed by atoms with Crippen molar-refractivity contribution in [1.82, 2.24) is 15.5 Å². The number of aliphatic imine (C=N–C) groups is 1. The number of guanidine groups is 1. The summed E-state index contributed by atoms with van der Waals surface area (Å²) in [6.45, 7) is 9.12. The number of nitrogens with zero attached hydrogens (tertiary/aromatic N) is 2. The number of benzene rings is 2. The molecule has 0 aromatic heterocycles. The monoisotopic (exact) mass is 510 g/mol. The number of hydrogen-bond donors (Lipinski definition) is 2. The number of para-hydroxylation sites is 1. The Morgan fingerprint density at radius 2 is 1.62 bits per heavy atom. The highest BCUT2D eigenvalue weighted by molar-refractivity contribution is 14.0. The first kappa shape index (κ1) is 25.2. The highest BCUT2D eigenvalue weighted by Crippen LogP contribution is 2.17. The highest BCUT2D eigenvalue weighted by atomic mass is 127. The van der Waals surface area contributed by atoms with Crippen LogP contribution in [0.3, 0.4) is 0 Å². The Hall–Kier alpha value is -1.80. The lowest BCUT2D eigenvalue weighted by atomic mass is 10.1. The van der Waals surface area contributed by atoms with Crippen molar-refractivity contribution in [3.05, 3.63) is 65.2 Å². The van der Waals surface area contributed by atoms with Crippen LogP contribution in [-0.4, -0.2) is 44.7 Å². The zero-order valence-electron chi connectivity index (χ0n) is 18.1. The molecule has 0 heterocycles. The Labute approximate surface area is 193 Å². The molecule has 0 aliphatic carbocycles. The van der Waals surface area contributed by atoms with Gasteiger partial charge in [0.2, 0.25) is 0 Å². The number of methoxy groups -OCH3 is 1. The summed E-state index contributed by atoms with van der Waals surface area (Å²) in [5, 5.41) is 6.75. The molecule has 0 aliphatic heterocycles. The smallest absolute Gasteiger partial charge is 0.191 e. The van der Waals surface area contributed by atoms with Crippen LogP contribution < -0.4 is 15.4 Å². The zero-order valence-corrected chi connectivity index (χ0v) is 20.4. The summed E-state index contributed by atoms with van der Waals surface area (Å²) < 4.78 is 5.41. The van der Waals surface area contributed by atoms with E-state index in [0.717, 1.165) is 50.9 Å². The van der Waals surface area contributed by atoms with Crippen LogP contribution in [0.5, 0.6) is 5.75 Å². The average molecular weight is 510 g/mol. The predicted octanol–water partition coefficient (Wildman–Crippen LogP) is 4.06. The van der Waals surface area contributed by atoms with Crippen molar-refractivity contribution in [3.63, 3.8) is 0 Å². The number of rotatable bonds is 10. The minimum Gasteiger partial charge on any atom is -0.496 e. The fraction of sp³-hybridized carbons (Fsp3) is 0.435. The van der Waals surface area contributed by atoms with Crippen LogP contribution in [0.25, 0.3) is 0 Å². The molecular weight excluding hydrogens is 475 g/mol. The maximum atomic E-state index is 5.41. The maximum absolute atomic E-state index is 5.41. The summed E-state index contributed by atoms with van der Waals surface area (Å²) in [5.41, 5.74) is 3.79. The molecule has 0 aliphatic rings. The molecule has 0 fully saturated rings. The molecule has 0 amide bonds.